The molecule has 0 spiro atoms. The van der Waals surface area contributed by atoms with Gasteiger partial charge in [-0.05, 0) is 43.9 Å². The highest BCUT2D eigenvalue weighted by molar-refractivity contribution is 5.99. The third kappa shape index (κ3) is 4.34. The molecule has 0 unspecified atom stereocenters. The van der Waals surface area contributed by atoms with Crippen LogP contribution < -0.4 is 15.7 Å². The van der Waals surface area contributed by atoms with E-state index >= 15 is 0 Å². The maximum absolute atomic E-state index is 12.1. The van der Waals surface area contributed by atoms with E-state index in [0.29, 0.717) is 26.1 Å². The van der Waals surface area contributed by atoms with Crippen LogP contribution in [0.3, 0.4) is 0 Å². The van der Waals surface area contributed by atoms with Crippen molar-refractivity contribution < 1.29 is 29.0 Å². The molecule has 134 valence electrons. The van der Waals surface area contributed by atoms with Crippen molar-refractivity contribution in [3.8, 4) is 0 Å². The first-order chi connectivity index (χ1) is 12.0. The van der Waals surface area contributed by atoms with Crippen molar-refractivity contribution in [2.45, 2.75) is 37.9 Å². The van der Waals surface area contributed by atoms with E-state index in [9.17, 15) is 19.5 Å². The number of hydrogen-bond donors (Lipinski definition) is 2. The summed E-state index contributed by atoms with van der Waals surface area (Å²) < 4.78 is 10.6. The predicted octanol–water partition coefficient (Wildman–Crippen LogP) is 0.285. The van der Waals surface area contributed by atoms with Crippen LogP contribution in [0.25, 0.3) is 0 Å². The number of carboxylic acid groups (broad SMARTS) is 1. The molecule has 3 rings (SSSR count). The molecular weight excluding hydrogens is 328 g/mol. The minimum atomic E-state index is -1.40. The number of carboxylic acids is 1. The summed E-state index contributed by atoms with van der Waals surface area (Å²) in [6.07, 6.45) is 1.76. The Hall–Kier alpha value is -2.45. The molecular formula is C17H19N2O6-. The molecule has 0 aliphatic carbocycles. The number of nitrogens with one attached hydrogen (secondary N) is 2. The highest BCUT2D eigenvalue weighted by Crippen LogP contribution is 2.22. The molecule has 2 amide bonds. The highest BCUT2D eigenvalue weighted by Gasteiger charge is 2.25. The van der Waals surface area contributed by atoms with E-state index in [4.69, 9.17) is 9.47 Å². The van der Waals surface area contributed by atoms with Crippen LogP contribution in [0.15, 0.2) is 18.2 Å². The van der Waals surface area contributed by atoms with Crippen LogP contribution in [0, 0.1) is 0 Å². The minimum Gasteiger partial charge on any atom is -0.545 e. The number of carbonyl (C=O) groups is 3. The standard InChI is InChI=1S/C17H20N2O6/c20-15(13-3-1-5-24-13)18-11-7-10(17(22)23)8-12(9-11)19-16(21)14-4-2-6-25-14/h7-9,13-14H,1-6H2,(H,18,20)(H,19,21)(H,22,23)/p-1/t13-,14+. The molecule has 0 saturated carbocycles. The van der Waals surface area contributed by atoms with Crippen LogP contribution in [0.2, 0.25) is 0 Å². The molecule has 2 heterocycles. The third-order valence-corrected chi connectivity index (χ3v) is 4.15. The second-order valence-electron chi connectivity index (χ2n) is 6.07. The molecule has 1 aromatic carbocycles. The molecule has 0 bridgehead atoms. The number of anilines is 2. The Morgan fingerprint density at radius 3 is 1.72 bits per heavy atom. The van der Waals surface area contributed by atoms with Crippen LogP contribution in [-0.4, -0.2) is 43.2 Å². The van der Waals surface area contributed by atoms with Gasteiger partial charge in [-0.2, -0.15) is 0 Å². The first-order valence-corrected chi connectivity index (χ1v) is 8.24. The van der Waals surface area contributed by atoms with Gasteiger partial charge in [-0.25, -0.2) is 0 Å². The van der Waals surface area contributed by atoms with Gasteiger partial charge >= 0.3 is 0 Å². The maximum atomic E-state index is 12.1. The average Bonchev–Trinajstić information content (AvgIpc) is 3.28. The zero-order valence-electron chi connectivity index (χ0n) is 13.6. The van der Waals surface area contributed by atoms with E-state index in [1.54, 1.807) is 0 Å². The lowest BCUT2D eigenvalue weighted by Crippen LogP contribution is -2.29. The number of benzene rings is 1. The second-order valence-corrected chi connectivity index (χ2v) is 6.07. The lowest BCUT2D eigenvalue weighted by molar-refractivity contribution is -0.255. The van der Waals surface area contributed by atoms with E-state index in [1.807, 2.05) is 0 Å². The van der Waals surface area contributed by atoms with Gasteiger partial charge in [-0.1, -0.05) is 0 Å². The lowest BCUT2D eigenvalue weighted by Gasteiger charge is -2.15. The fourth-order valence-electron chi connectivity index (χ4n) is 2.90. The van der Waals surface area contributed by atoms with Crippen molar-refractivity contribution >= 4 is 29.2 Å². The maximum Gasteiger partial charge on any atom is 0.253 e. The fourth-order valence-corrected chi connectivity index (χ4v) is 2.90. The Balaban J connectivity index is 1.75. The predicted molar refractivity (Wildman–Crippen MR) is 86.0 cm³/mol. The number of rotatable bonds is 5. The number of ether oxygens (including phenoxy) is 2. The normalized spacial score (nSPS) is 22.6. The smallest absolute Gasteiger partial charge is 0.253 e. The van der Waals surface area contributed by atoms with Crippen molar-refractivity contribution in [3.63, 3.8) is 0 Å². The Kier molecular flexibility index (Phi) is 5.30. The number of amides is 2. The monoisotopic (exact) mass is 347 g/mol. The summed E-state index contributed by atoms with van der Waals surface area (Å²) in [6.45, 7) is 1.06. The summed E-state index contributed by atoms with van der Waals surface area (Å²) in [4.78, 5) is 35.5. The first kappa shape index (κ1) is 17.4. The van der Waals surface area contributed by atoms with E-state index in [2.05, 4.69) is 10.6 Å². The largest absolute Gasteiger partial charge is 0.545 e. The van der Waals surface area contributed by atoms with Crippen molar-refractivity contribution in [3.05, 3.63) is 23.8 Å². The van der Waals surface area contributed by atoms with Gasteiger partial charge in [0.1, 0.15) is 12.2 Å². The minimum absolute atomic E-state index is 0.146. The average molecular weight is 347 g/mol. The molecule has 1 aromatic rings. The van der Waals surface area contributed by atoms with Crippen molar-refractivity contribution in [2.24, 2.45) is 0 Å². The first-order valence-electron chi connectivity index (χ1n) is 8.24. The molecule has 2 fully saturated rings. The zero-order valence-corrected chi connectivity index (χ0v) is 13.6. The van der Waals surface area contributed by atoms with E-state index in [1.165, 1.54) is 18.2 Å². The number of aromatic carboxylic acids is 1. The quantitative estimate of drug-likeness (QED) is 0.790. The Morgan fingerprint density at radius 2 is 1.36 bits per heavy atom. The van der Waals surface area contributed by atoms with Crippen molar-refractivity contribution in [2.75, 3.05) is 23.8 Å². The van der Waals surface area contributed by atoms with Gasteiger partial charge in [0, 0.05) is 30.2 Å². The second kappa shape index (κ2) is 7.62. The Labute approximate surface area is 144 Å². The zero-order chi connectivity index (χ0) is 17.8. The molecule has 2 N–H and O–H groups in total. The number of hydrogen-bond acceptors (Lipinski definition) is 6. The van der Waals surface area contributed by atoms with Gasteiger partial charge in [-0.15, -0.1) is 0 Å². The fraction of sp³-hybridized carbons (Fsp3) is 0.471. The molecule has 8 nitrogen and oxygen atoms in total. The van der Waals surface area contributed by atoms with E-state index < -0.39 is 18.2 Å². The van der Waals surface area contributed by atoms with Crippen LogP contribution >= 0.6 is 0 Å². The van der Waals surface area contributed by atoms with Gasteiger partial charge in [0.2, 0.25) is 0 Å². The van der Waals surface area contributed by atoms with Gasteiger partial charge in [0.15, 0.2) is 0 Å². The summed E-state index contributed by atoms with van der Waals surface area (Å²) in [5.74, 6) is -2.09. The number of carbonyl (C=O) groups excluding carboxylic acids is 3. The van der Waals surface area contributed by atoms with Crippen LogP contribution in [0.1, 0.15) is 36.0 Å². The summed E-state index contributed by atoms with van der Waals surface area (Å²) in [6, 6.07) is 4.06. The van der Waals surface area contributed by atoms with Crippen molar-refractivity contribution in [1.29, 1.82) is 0 Å². The van der Waals surface area contributed by atoms with Crippen molar-refractivity contribution in [1.82, 2.24) is 0 Å². The Morgan fingerprint density at radius 1 is 0.880 bits per heavy atom. The van der Waals surface area contributed by atoms with Gasteiger partial charge in [0.25, 0.3) is 11.8 Å². The molecule has 2 saturated heterocycles. The molecule has 2 atom stereocenters. The summed E-state index contributed by atoms with van der Waals surface area (Å²) in [5.41, 5.74) is 0.363. The van der Waals surface area contributed by atoms with E-state index in [-0.39, 0.29) is 28.8 Å². The Bertz CT molecular complexity index is 629. The molecule has 2 aliphatic heterocycles. The summed E-state index contributed by atoms with van der Waals surface area (Å²) in [7, 11) is 0. The van der Waals surface area contributed by atoms with Crippen LogP contribution in [0.4, 0.5) is 11.4 Å². The van der Waals surface area contributed by atoms with E-state index in [0.717, 1.165) is 12.8 Å². The SMILES string of the molecule is O=C([O-])c1cc(NC(=O)[C@@H]2CCCO2)cc(NC(=O)[C@H]2CCCO2)c1. The molecule has 0 aromatic heterocycles. The van der Waals surface area contributed by atoms with Gasteiger partial charge in [-0.3, -0.25) is 9.59 Å². The van der Waals surface area contributed by atoms with Gasteiger partial charge in [0.05, 0.1) is 5.97 Å². The molecule has 2 aliphatic rings. The topological polar surface area (TPSA) is 117 Å². The molecule has 0 radical (unpaired) electrons. The third-order valence-electron chi connectivity index (χ3n) is 4.15. The molecule has 8 heteroatoms. The van der Waals surface area contributed by atoms with Crippen LogP contribution in [0.5, 0.6) is 0 Å². The molecule has 25 heavy (non-hydrogen) atoms. The summed E-state index contributed by atoms with van der Waals surface area (Å²) >= 11 is 0. The van der Waals surface area contributed by atoms with Gasteiger partial charge < -0.3 is 30.0 Å². The summed E-state index contributed by atoms with van der Waals surface area (Å²) in [5, 5.41) is 16.5. The highest BCUT2D eigenvalue weighted by atomic mass is 16.5. The van der Waals surface area contributed by atoms with Crippen LogP contribution in [-0.2, 0) is 19.1 Å². The lowest BCUT2D eigenvalue weighted by atomic mass is 10.1.